The van der Waals surface area contributed by atoms with Crippen LogP contribution in [0.15, 0.2) is 23.6 Å². The molecule has 0 unspecified atom stereocenters. The maximum absolute atomic E-state index is 10.3. The summed E-state index contributed by atoms with van der Waals surface area (Å²) in [4.78, 5) is 9.83. The first-order valence-corrected chi connectivity index (χ1v) is 3.18. The van der Waals surface area contributed by atoms with Gasteiger partial charge in [0.25, 0.3) is 0 Å². The van der Waals surface area contributed by atoms with Crippen molar-refractivity contribution in [2.24, 2.45) is 0 Å². The quantitative estimate of drug-likeness (QED) is 0.271. The van der Waals surface area contributed by atoms with Crippen molar-refractivity contribution in [2.45, 2.75) is 13.8 Å². The van der Waals surface area contributed by atoms with Gasteiger partial charge in [0, 0.05) is 0 Å². The predicted octanol–water partition coefficient (Wildman–Crippen LogP) is 1.72. The average molecular weight is 157 g/mol. The summed E-state index contributed by atoms with van der Waals surface area (Å²) in [5.41, 5.74) is -0.00463. The highest BCUT2D eigenvalue weighted by Gasteiger charge is 2.14. The van der Waals surface area contributed by atoms with Crippen LogP contribution in [-0.2, 0) is 4.74 Å². The van der Waals surface area contributed by atoms with Gasteiger partial charge in [-0.1, -0.05) is 0 Å². The fourth-order valence-corrected chi connectivity index (χ4v) is 0.708. The Balaban J connectivity index is 4.65. The molecule has 0 aliphatic carbocycles. The van der Waals surface area contributed by atoms with E-state index in [9.17, 15) is 10.1 Å². The van der Waals surface area contributed by atoms with Crippen molar-refractivity contribution >= 4 is 0 Å². The lowest BCUT2D eigenvalue weighted by Gasteiger charge is -2.00. The number of nitrogens with zero attached hydrogens (tertiary/aromatic N) is 1. The Kier molecular flexibility index (Phi) is 3.95. The Labute approximate surface area is 65.3 Å². The van der Waals surface area contributed by atoms with Crippen molar-refractivity contribution in [3.63, 3.8) is 0 Å². The van der Waals surface area contributed by atoms with E-state index in [2.05, 4.69) is 0 Å². The number of nitro groups is 1. The minimum Gasteiger partial charge on any atom is -0.490 e. The highest BCUT2D eigenvalue weighted by molar-refractivity contribution is 5.17. The van der Waals surface area contributed by atoms with Crippen LogP contribution in [0.5, 0.6) is 0 Å². The average Bonchev–Trinajstić information content (AvgIpc) is 1.99. The molecule has 0 aromatic rings. The Morgan fingerprint density at radius 2 is 2.00 bits per heavy atom. The predicted molar refractivity (Wildman–Crippen MR) is 41.5 cm³/mol. The lowest BCUT2D eigenvalue weighted by atomic mass is 10.3. The summed E-state index contributed by atoms with van der Waals surface area (Å²) in [6.07, 6.45) is 2.96. The van der Waals surface area contributed by atoms with Crippen molar-refractivity contribution in [2.75, 3.05) is 7.11 Å². The van der Waals surface area contributed by atoms with Crippen LogP contribution in [0.2, 0.25) is 0 Å². The molecule has 0 spiro atoms. The minimum atomic E-state index is -0.473. The van der Waals surface area contributed by atoms with Crippen LogP contribution in [0.1, 0.15) is 13.8 Å². The standard InChI is InChI=1S/C7H11NO3/c1-4-6(8(9)10)7(5-2)11-3/h4-5H,1-3H3/b6-4+,7-5+. The molecule has 62 valence electrons. The van der Waals surface area contributed by atoms with E-state index in [0.717, 1.165) is 0 Å². The molecule has 4 heteroatoms. The van der Waals surface area contributed by atoms with Gasteiger partial charge in [0.1, 0.15) is 0 Å². The highest BCUT2D eigenvalue weighted by atomic mass is 16.6. The molecule has 4 nitrogen and oxygen atoms in total. The largest absolute Gasteiger partial charge is 0.490 e. The highest BCUT2D eigenvalue weighted by Crippen LogP contribution is 2.10. The van der Waals surface area contributed by atoms with Gasteiger partial charge in [-0.25, -0.2) is 0 Å². The molecule has 0 aromatic heterocycles. The van der Waals surface area contributed by atoms with Crippen molar-refractivity contribution in [1.29, 1.82) is 0 Å². The first kappa shape index (κ1) is 9.68. The molecule has 11 heavy (non-hydrogen) atoms. The van der Waals surface area contributed by atoms with Crippen LogP contribution < -0.4 is 0 Å². The third-order valence-corrected chi connectivity index (χ3v) is 1.20. The van der Waals surface area contributed by atoms with Crippen molar-refractivity contribution in [3.05, 3.63) is 33.7 Å². The fraction of sp³-hybridized carbons (Fsp3) is 0.429. The maximum atomic E-state index is 10.3. The van der Waals surface area contributed by atoms with Crippen LogP contribution in [0, 0.1) is 10.1 Å². The fourth-order valence-electron chi connectivity index (χ4n) is 0.708. The summed E-state index contributed by atoms with van der Waals surface area (Å²) in [5.74, 6) is 0.289. The third kappa shape index (κ3) is 2.41. The topological polar surface area (TPSA) is 52.4 Å². The van der Waals surface area contributed by atoms with Gasteiger partial charge < -0.3 is 4.74 Å². The number of rotatable bonds is 3. The summed E-state index contributed by atoms with van der Waals surface area (Å²) in [5, 5.41) is 10.3. The molecule has 0 bridgehead atoms. The van der Waals surface area contributed by atoms with Gasteiger partial charge >= 0.3 is 5.70 Å². The molecule has 0 rings (SSSR count). The zero-order valence-corrected chi connectivity index (χ0v) is 6.83. The van der Waals surface area contributed by atoms with Gasteiger partial charge in [0.15, 0.2) is 5.76 Å². The molecule has 0 heterocycles. The van der Waals surface area contributed by atoms with E-state index in [1.165, 1.54) is 13.2 Å². The second kappa shape index (κ2) is 4.49. The van der Waals surface area contributed by atoms with E-state index in [1.54, 1.807) is 19.9 Å². The van der Waals surface area contributed by atoms with Crippen molar-refractivity contribution in [3.8, 4) is 0 Å². The zero-order valence-electron chi connectivity index (χ0n) is 6.83. The zero-order chi connectivity index (χ0) is 8.85. The Bertz CT molecular complexity index is 206. The first-order valence-electron chi connectivity index (χ1n) is 3.18. The van der Waals surface area contributed by atoms with E-state index in [1.807, 2.05) is 0 Å². The summed E-state index contributed by atoms with van der Waals surface area (Å²) < 4.78 is 4.76. The molecule has 0 atom stereocenters. The number of ether oxygens (including phenoxy) is 1. The van der Waals surface area contributed by atoms with E-state index < -0.39 is 4.92 Å². The van der Waals surface area contributed by atoms with E-state index in [0.29, 0.717) is 0 Å². The minimum absolute atomic E-state index is 0.00463. The van der Waals surface area contributed by atoms with Crippen LogP contribution in [0.3, 0.4) is 0 Å². The Morgan fingerprint density at radius 3 is 2.09 bits per heavy atom. The van der Waals surface area contributed by atoms with E-state index in [-0.39, 0.29) is 11.5 Å². The monoisotopic (exact) mass is 157 g/mol. The molecular weight excluding hydrogens is 146 g/mol. The Morgan fingerprint density at radius 1 is 1.45 bits per heavy atom. The molecule has 0 saturated heterocycles. The van der Waals surface area contributed by atoms with Gasteiger partial charge in [-0.05, 0) is 26.0 Å². The van der Waals surface area contributed by atoms with Crippen LogP contribution >= 0.6 is 0 Å². The van der Waals surface area contributed by atoms with Gasteiger partial charge in [0.2, 0.25) is 0 Å². The van der Waals surface area contributed by atoms with Gasteiger partial charge in [0.05, 0.1) is 12.0 Å². The lowest BCUT2D eigenvalue weighted by Crippen LogP contribution is -2.02. The van der Waals surface area contributed by atoms with Crippen molar-refractivity contribution < 1.29 is 9.66 Å². The summed E-state index contributed by atoms with van der Waals surface area (Å²) in [7, 11) is 1.41. The van der Waals surface area contributed by atoms with Crippen molar-refractivity contribution in [1.82, 2.24) is 0 Å². The first-order chi connectivity index (χ1) is 5.17. The SMILES string of the molecule is C/C=C(OC)\C(=C/C)[N+](=O)[O-]. The van der Waals surface area contributed by atoms with Crippen LogP contribution in [-0.4, -0.2) is 12.0 Å². The molecule has 0 saturated carbocycles. The van der Waals surface area contributed by atoms with E-state index >= 15 is 0 Å². The molecule has 0 aliphatic heterocycles. The Hall–Kier alpha value is -1.32. The summed E-state index contributed by atoms with van der Waals surface area (Å²) in [6.45, 7) is 3.28. The second-order valence-electron chi connectivity index (χ2n) is 1.79. The number of allylic oxidation sites excluding steroid dienone is 2. The normalized spacial score (nSPS) is 13.0. The lowest BCUT2D eigenvalue weighted by molar-refractivity contribution is -0.424. The molecule has 0 N–H and O–H groups in total. The number of hydrogen-bond donors (Lipinski definition) is 0. The number of methoxy groups -OCH3 is 1. The maximum Gasteiger partial charge on any atom is 0.306 e. The smallest absolute Gasteiger partial charge is 0.306 e. The number of hydrogen-bond acceptors (Lipinski definition) is 3. The van der Waals surface area contributed by atoms with Crippen LogP contribution in [0.25, 0.3) is 0 Å². The summed E-state index contributed by atoms with van der Waals surface area (Å²) >= 11 is 0. The molecule has 0 amide bonds. The molecular formula is C7H11NO3. The van der Waals surface area contributed by atoms with Gasteiger partial charge in [-0.3, -0.25) is 10.1 Å². The third-order valence-electron chi connectivity index (χ3n) is 1.20. The molecule has 0 radical (unpaired) electrons. The molecule has 0 aliphatic rings. The second-order valence-corrected chi connectivity index (χ2v) is 1.79. The van der Waals surface area contributed by atoms with E-state index in [4.69, 9.17) is 4.74 Å². The molecule has 0 fully saturated rings. The summed E-state index contributed by atoms with van der Waals surface area (Å²) in [6, 6.07) is 0. The molecule has 0 aromatic carbocycles. The van der Waals surface area contributed by atoms with Crippen LogP contribution in [0.4, 0.5) is 0 Å². The van der Waals surface area contributed by atoms with Gasteiger partial charge in [-0.15, -0.1) is 0 Å². The van der Waals surface area contributed by atoms with Gasteiger partial charge in [-0.2, -0.15) is 0 Å².